The van der Waals surface area contributed by atoms with Gasteiger partial charge in [0.1, 0.15) is 18.2 Å². The van der Waals surface area contributed by atoms with Crippen LogP contribution in [0.5, 0.6) is 5.75 Å². The van der Waals surface area contributed by atoms with E-state index in [1.807, 2.05) is 0 Å². The number of hydrogen-bond acceptors (Lipinski definition) is 2. The predicted octanol–water partition coefficient (Wildman–Crippen LogP) is 4.28. The van der Waals surface area contributed by atoms with E-state index in [-0.39, 0.29) is 12.4 Å². The Morgan fingerprint density at radius 1 is 1.21 bits per heavy atom. The molecule has 100 valence electrons. The average molecular weight is 345 g/mol. The molecule has 19 heavy (non-hydrogen) atoms. The maximum Gasteiger partial charge on any atom is 0.137 e. The van der Waals surface area contributed by atoms with Crippen LogP contribution in [0.15, 0.2) is 40.9 Å². The van der Waals surface area contributed by atoms with Crippen molar-refractivity contribution in [2.24, 2.45) is 5.73 Å². The lowest BCUT2D eigenvalue weighted by atomic mass is 10.2. The molecule has 0 saturated carbocycles. The molecule has 0 spiro atoms. The van der Waals surface area contributed by atoms with E-state index in [9.17, 15) is 4.39 Å². The molecule has 5 heteroatoms. The summed E-state index contributed by atoms with van der Waals surface area (Å²) < 4.78 is 19.4. The van der Waals surface area contributed by atoms with E-state index in [4.69, 9.17) is 22.1 Å². The molecule has 2 N–H and O–H groups in total. The Kier molecular flexibility index (Phi) is 4.80. The normalized spacial score (nSPS) is 10.5. The molecule has 2 aromatic rings. The Bertz CT molecular complexity index is 592. The predicted molar refractivity (Wildman–Crippen MR) is 77.8 cm³/mol. The Morgan fingerprint density at radius 2 is 1.95 bits per heavy atom. The van der Waals surface area contributed by atoms with Crippen LogP contribution in [0, 0.1) is 5.82 Å². The number of benzene rings is 2. The number of rotatable bonds is 4. The van der Waals surface area contributed by atoms with Gasteiger partial charge in [-0.05, 0) is 34.1 Å². The summed E-state index contributed by atoms with van der Waals surface area (Å²) in [7, 11) is 0. The van der Waals surface area contributed by atoms with Crippen LogP contribution in [0.1, 0.15) is 11.1 Å². The van der Waals surface area contributed by atoms with Crippen LogP contribution in [0.3, 0.4) is 0 Å². The van der Waals surface area contributed by atoms with Crippen molar-refractivity contribution >= 4 is 27.5 Å². The van der Waals surface area contributed by atoms with Crippen molar-refractivity contribution in [3.63, 3.8) is 0 Å². The second kappa shape index (κ2) is 6.37. The van der Waals surface area contributed by atoms with Crippen molar-refractivity contribution in [2.75, 3.05) is 0 Å². The Balaban J connectivity index is 2.19. The highest BCUT2D eigenvalue weighted by atomic mass is 79.9. The molecular weight excluding hydrogens is 333 g/mol. The molecule has 0 aliphatic carbocycles. The minimum atomic E-state index is -0.314. The van der Waals surface area contributed by atoms with Gasteiger partial charge in [0.15, 0.2) is 0 Å². The minimum absolute atomic E-state index is 0.242. The van der Waals surface area contributed by atoms with E-state index in [0.717, 1.165) is 11.1 Å². The summed E-state index contributed by atoms with van der Waals surface area (Å²) in [6, 6.07) is 10.2. The van der Waals surface area contributed by atoms with Gasteiger partial charge in [0.25, 0.3) is 0 Å². The van der Waals surface area contributed by atoms with Gasteiger partial charge in [0.2, 0.25) is 0 Å². The summed E-state index contributed by atoms with van der Waals surface area (Å²) in [4.78, 5) is 0. The fraction of sp³-hybridized carbons (Fsp3) is 0.143. The molecule has 0 unspecified atom stereocenters. The first-order chi connectivity index (χ1) is 9.13. The number of ether oxygens (including phenoxy) is 1. The monoisotopic (exact) mass is 343 g/mol. The van der Waals surface area contributed by atoms with Crippen molar-refractivity contribution in [3.8, 4) is 5.75 Å². The van der Waals surface area contributed by atoms with Crippen LogP contribution >= 0.6 is 27.5 Å². The summed E-state index contributed by atoms with van der Waals surface area (Å²) in [5.41, 5.74) is 7.11. The molecule has 0 fully saturated rings. The van der Waals surface area contributed by atoms with Crippen LogP contribution < -0.4 is 10.5 Å². The standard InChI is InChI=1S/C14H12BrClFNO/c15-14-9(3-1-5-12(14)17)8-19-13-6-2-4-11(16)10(13)7-18/h1-6H,7-8,18H2. The summed E-state index contributed by atoms with van der Waals surface area (Å²) in [5.74, 6) is 0.303. The zero-order chi connectivity index (χ0) is 13.8. The molecule has 0 aliphatic heterocycles. The fourth-order valence-corrected chi connectivity index (χ4v) is 2.31. The lowest BCUT2D eigenvalue weighted by Gasteiger charge is -2.12. The van der Waals surface area contributed by atoms with E-state index in [1.165, 1.54) is 6.07 Å². The molecule has 0 amide bonds. The quantitative estimate of drug-likeness (QED) is 0.898. The molecule has 0 aliphatic rings. The van der Waals surface area contributed by atoms with Crippen LogP contribution in [-0.2, 0) is 13.2 Å². The van der Waals surface area contributed by atoms with Gasteiger partial charge < -0.3 is 10.5 Å². The molecular formula is C14H12BrClFNO. The van der Waals surface area contributed by atoms with E-state index in [1.54, 1.807) is 30.3 Å². The summed E-state index contributed by atoms with van der Waals surface area (Å²) in [6.45, 7) is 0.533. The molecule has 0 heterocycles. The average Bonchev–Trinajstić information content (AvgIpc) is 2.40. The fourth-order valence-electron chi connectivity index (χ4n) is 1.69. The van der Waals surface area contributed by atoms with Gasteiger partial charge in [-0.3, -0.25) is 0 Å². The number of halogens is 3. The second-order valence-electron chi connectivity index (χ2n) is 3.92. The molecule has 0 atom stereocenters. The summed E-state index contributed by atoms with van der Waals surface area (Å²) in [6.07, 6.45) is 0. The zero-order valence-electron chi connectivity index (χ0n) is 10.00. The lowest BCUT2D eigenvalue weighted by Crippen LogP contribution is -2.04. The number of hydrogen-bond donors (Lipinski definition) is 1. The van der Waals surface area contributed by atoms with Gasteiger partial charge in [-0.1, -0.05) is 29.8 Å². The SMILES string of the molecule is NCc1c(Cl)cccc1OCc1cccc(F)c1Br. The van der Waals surface area contributed by atoms with E-state index in [0.29, 0.717) is 21.8 Å². The third-order valence-corrected chi connectivity index (χ3v) is 3.94. The molecule has 2 nitrogen and oxygen atoms in total. The van der Waals surface area contributed by atoms with Gasteiger partial charge in [-0.25, -0.2) is 4.39 Å². The molecule has 0 radical (unpaired) electrons. The first kappa shape index (κ1) is 14.3. The smallest absolute Gasteiger partial charge is 0.137 e. The Morgan fingerprint density at radius 3 is 2.68 bits per heavy atom. The molecule has 0 bridgehead atoms. The van der Waals surface area contributed by atoms with Crippen molar-refractivity contribution in [3.05, 3.63) is 62.8 Å². The first-order valence-electron chi connectivity index (χ1n) is 5.66. The highest BCUT2D eigenvalue weighted by molar-refractivity contribution is 9.10. The van der Waals surface area contributed by atoms with E-state index < -0.39 is 0 Å². The van der Waals surface area contributed by atoms with Gasteiger partial charge in [-0.2, -0.15) is 0 Å². The van der Waals surface area contributed by atoms with Crippen LogP contribution in [0.4, 0.5) is 4.39 Å². The largest absolute Gasteiger partial charge is 0.488 e. The molecule has 0 saturated heterocycles. The zero-order valence-corrected chi connectivity index (χ0v) is 12.3. The van der Waals surface area contributed by atoms with Gasteiger partial charge in [0.05, 0.1) is 4.47 Å². The maximum absolute atomic E-state index is 13.4. The van der Waals surface area contributed by atoms with Crippen LogP contribution in [-0.4, -0.2) is 0 Å². The first-order valence-corrected chi connectivity index (χ1v) is 6.83. The van der Waals surface area contributed by atoms with Crippen LogP contribution in [0.25, 0.3) is 0 Å². The highest BCUT2D eigenvalue weighted by Crippen LogP contribution is 2.28. The van der Waals surface area contributed by atoms with Crippen LogP contribution in [0.2, 0.25) is 5.02 Å². The summed E-state index contributed by atoms with van der Waals surface area (Å²) >= 11 is 9.24. The molecule has 2 rings (SSSR count). The Labute approximate surface area is 124 Å². The van der Waals surface area contributed by atoms with Gasteiger partial charge in [0, 0.05) is 22.7 Å². The third-order valence-electron chi connectivity index (χ3n) is 2.69. The molecule has 2 aromatic carbocycles. The van der Waals surface area contributed by atoms with E-state index in [2.05, 4.69) is 15.9 Å². The highest BCUT2D eigenvalue weighted by Gasteiger charge is 2.09. The number of nitrogens with two attached hydrogens (primary N) is 1. The van der Waals surface area contributed by atoms with E-state index >= 15 is 0 Å². The van der Waals surface area contributed by atoms with Crippen molar-refractivity contribution in [1.29, 1.82) is 0 Å². The van der Waals surface area contributed by atoms with Crippen molar-refractivity contribution in [1.82, 2.24) is 0 Å². The second-order valence-corrected chi connectivity index (χ2v) is 5.12. The van der Waals surface area contributed by atoms with Gasteiger partial charge in [-0.15, -0.1) is 0 Å². The van der Waals surface area contributed by atoms with Crippen molar-refractivity contribution in [2.45, 2.75) is 13.2 Å². The topological polar surface area (TPSA) is 35.2 Å². The third kappa shape index (κ3) is 3.26. The maximum atomic E-state index is 13.4. The Hall–Kier alpha value is -1.10. The molecule has 0 aromatic heterocycles. The minimum Gasteiger partial charge on any atom is -0.488 e. The van der Waals surface area contributed by atoms with Crippen molar-refractivity contribution < 1.29 is 9.13 Å². The summed E-state index contributed by atoms with van der Waals surface area (Å²) in [5, 5.41) is 0.568. The lowest BCUT2D eigenvalue weighted by molar-refractivity contribution is 0.301. The van der Waals surface area contributed by atoms with Gasteiger partial charge >= 0.3 is 0 Å².